The van der Waals surface area contributed by atoms with Crippen molar-refractivity contribution < 1.29 is 13.9 Å². The topological polar surface area (TPSA) is 69.4 Å². The molecule has 0 N–H and O–H groups in total. The Labute approximate surface area is 151 Å². The van der Waals surface area contributed by atoms with Crippen molar-refractivity contribution in [3.05, 3.63) is 70.9 Å². The normalized spacial score (nSPS) is 11.0. The second-order valence-electron chi connectivity index (χ2n) is 5.58. The van der Waals surface area contributed by atoms with Crippen LogP contribution in [0.15, 0.2) is 48.1 Å². The SMILES string of the molecule is Cc1nn2cccnc2c1C(=O)OCc1csc(-c2ccc(F)cc2)n1. The molecule has 0 atom stereocenters. The maximum atomic E-state index is 13.0. The molecule has 130 valence electrons. The summed E-state index contributed by atoms with van der Waals surface area (Å²) >= 11 is 1.41. The first-order valence-corrected chi connectivity index (χ1v) is 8.67. The zero-order valence-electron chi connectivity index (χ0n) is 13.7. The molecule has 0 aliphatic rings. The molecule has 4 rings (SSSR count). The van der Waals surface area contributed by atoms with Gasteiger partial charge in [-0.25, -0.2) is 23.7 Å². The van der Waals surface area contributed by atoms with Gasteiger partial charge in [-0.05, 0) is 37.3 Å². The van der Waals surface area contributed by atoms with E-state index in [1.807, 2.05) is 5.38 Å². The van der Waals surface area contributed by atoms with E-state index in [0.29, 0.717) is 22.6 Å². The molecule has 3 aromatic heterocycles. The molecule has 0 fully saturated rings. The fourth-order valence-electron chi connectivity index (χ4n) is 2.55. The third kappa shape index (κ3) is 3.06. The molecule has 0 radical (unpaired) electrons. The first-order valence-electron chi connectivity index (χ1n) is 7.79. The molecule has 3 heterocycles. The van der Waals surface area contributed by atoms with Crippen LogP contribution in [-0.4, -0.2) is 25.6 Å². The smallest absolute Gasteiger partial charge is 0.344 e. The number of rotatable bonds is 4. The molecule has 6 nitrogen and oxygen atoms in total. The molecule has 0 saturated heterocycles. The maximum Gasteiger partial charge on any atom is 0.344 e. The van der Waals surface area contributed by atoms with Crippen molar-refractivity contribution in [2.75, 3.05) is 0 Å². The molecule has 4 aromatic rings. The molecule has 8 heteroatoms. The molecule has 0 aliphatic heterocycles. The van der Waals surface area contributed by atoms with Gasteiger partial charge in [0.25, 0.3) is 0 Å². The number of ether oxygens (including phenoxy) is 1. The summed E-state index contributed by atoms with van der Waals surface area (Å²) in [5, 5.41) is 6.80. The van der Waals surface area contributed by atoms with E-state index < -0.39 is 5.97 Å². The van der Waals surface area contributed by atoms with Crippen molar-refractivity contribution in [1.82, 2.24) is 19.6 Å². The van der Waals surface area contributed by atoms with E-state index in [4.69, 9.17) is 4.74 Å². The highest BCUT2D eigenvalue weighted by Gasteiger charge is 2.20. The van der Waals surface area contributed by atoms with Crippen molar-refractivity contribution in [3.63, 3.8) is 0 Å². The van der Waals surface area contributed by atoms with E-state index in [0.717, 1.165) is 10.6 Å². The van der Waals surface area contributed by atoms with Crippen molar-refractivity contribution in [1.29, 1.82) is 0 Å². The number of halogens is 1. The summed E-state index contributed by atoms with van der Waals surface area (Å²) in [6, 6.07) is 7.84. The Morgan fingerprint density at radius 1 is 1.31 bits per heavy atom. The largest absolute Gasteiger partial charge is 0.455 e. The Hall–Kier alpha value is -3.13. The highest BCUT2D eigenvalue weighted by atomic mass is 32.1. The van der Waals surface area contributed by atoms with Gasteiger partial charge in [0.05, 0.1) is 11.4 Å². The molecule has 0 bridgehead atoms. The molecule has 26 heavy (non-hydrogen) atoms. The van der Waals surface area contributed by atoms with Gasteiger partial charge in [-0.1, -0.05) is 0 Å². The van der Waals surface area contributed by atoms with Crippen LogP contribution in [0.3, 0.4) is 0 Å². The third-order valence-corrected chi connectivity index (χ3v) is 4.71. The first kappa shape index (κ1) is 16.3. The quantitative estimate of drug-likeness (QED) is 0.514. The van der Waals surface area contributed by atoms with Crippen LogP contribution in [0.5, 0.6) is 0 Å². The van der Waals surface area contributed by atoms with Crippen LogP contribution in [0.2, 0.25) is 0 Å². The summed E-state index contributed by atoms with van der Waals surface area (Å²) in [5.74, 6) is -0.788. The van der Waals surface area contributed by atoms with Crippen LogP contribution >= 0.6 is 11.3 Å². The fraction of sp³-hybridized carbons (Fsp3) is 0.111. The predicted octanol–water partition coefficient (Wildman–Crippen LogP) is 3.66. The van der Waals surface area contributed by atoms with E-state index in [9.17, 15) is 9.18 Å². The van der Waals surface area contributed by atoms with E-state index in [-0.39, 0.29) is 12.4 Å². The first-order chi connectivity index (χ1) is 12.6. The summed E-state index contributed by atoms with van der Waals surface area (Å²) in [4.78, 5) is 21.1. The van der Waals surface area contributed by atoms with Crippen LogP contribution < -0.4 is 0 Å². The van der Waals surface area contributed by atoms with Gasteiger partial charge in [0.2, 0.25) is 0 Å². The number of carbonyl (C=O) groups excluding carboxylic acids is 1. The standard InChI is InChI=1S/C18H13FN4O2S/c1-11-15(16-20-7-2-8-23(16)22-11)18(24)25-9-14-10-26-17(21-14)12-3-5-13(19)6-4-12/h2-8,10H,9H2,1H3. The summed E-state index contributed by atoms with van der Waals surface area (Å²) < 4.78 is 19.9. The zero-order valence-corrected chi connectivity index (χ0v) is 14.5. The van der Waals surface area contributed by atoms with Crippen LogP contribution in [-0.2, 0) is 11.3 Å². The van der Waals surface area contributed by atoms with E-state index in [1.54, 1.807) is 42.0 Å². The Bertz CT molecular complexity index is 1090. The summed E-state index contributed by atoms with van der Waals surface area (Å²) in [7, 11) is 0. The van der Waals surface area contributed by atoms with Gasteiger partial charge >= 0.3 is 5.97 Å². The molecular formula is C18H13FN4O2S. The second kappa shape index (κ2) is 6.64. The summed E-state index contributed by atoms with van der Waals surface area (Å²) in [6.45, 7) is 1.78. The summed E-state index contributed by atoms with van der Waals surface area (Å²) in [6.07, 6.45) is 3.32. The van der Waals surface area contributed by atoms with Gasteiger partial charge in [0, 0.05) is 23.3 Å². The summed E-state index contributed by atoms with van der Waals surface area (Å²) in [5.41, 5.74) is 2.81. The van der Waals surface area contributed by atoms with E-state index >= 15 is 0 Å². The minimum atomic E-state index is -0.493. The average Bonchev–Trinajstić information content (AvgIpc) is 3.24. The Morgan fingerprint density at radius 2 is 2.12 bits per heavy atom. The van der Waals surface area contributed by atoms with Crippen LogP contribution in [0.1, 0.15) is 21.7 Å². The fourth-order valence-corrected chi connectivity index (χ4v) is 3.36. The lowest BCUT2D eigenvalue weighted by atomic mass is 10.2. The van der Waals surface area contributed by atoms with E-state index in [2.05, 4.69) is 15.1 Å². The zero-order chi connectivity index (χ0) is 18.1. The van der Waals surface area contributed by atoms with Crippen LogP contribution in [0.25, 0.3) is 16.2 Å². The number of carbonyl (C=O) groups is 1. The number of fused-ring (bicyclic) bond motifs is 1. The van der Waals surface area contributed by atoms with Crippen molar-refractivity contribution in [2.24, 2.45) is 0 Å². The Balaban J connectivity index is 1.50. The number of esters is 1. The Morgan fingerprint density at radius 3 is 2.92 bits per heavy atom. The minimum Gasteiger partial charge on any atom is -0.455 e. The number of hydrogen-bond donors (Lipinski definition) is 0. The van der Waals surface area contributed by atoms with E-state index in [1.165, 1.54) is 23.5 Å². The number of benzene rings is 1. The lowest BCUT2D eigenvalue weighted by Crippen LogP contribution is -2.07. The number of aryl methyl sites for hydroxylation is 1. The molecule has 0 saturated carbocycles. The number of nitrogens with zero attached hydrogens (tertiary/aromatic N) is 4. The number of hydrogen-bond acceptors (Lipinski definition) is 6. The maximum absolute atomic E-state index is 13.0. The lowest BCUT2D eigenvalue weighted by molar-refractivity contribution is 0.0469. The van der Waals surface area contributed by atoms with Crippen LogP contribution in [0.4, 0.5) is 4.39 Å². The van der Waals surface area contributed by atoms with Crippen molar-refractivity contribution >= 4 is 23.0 Å². The van der Waals surface area contributed by atoms with Crippen molar-refractivity contribution in [3.8, 4) is 10.6 Å². The van der Waals surface area contributed by atoms with Crippen molar-refractivity contribution in [2.45, 2.75) is 13.5 Å². The van der Waals surface area contributed by atoms with Gasteiger partial charge in [0.15, 0.2) is 5.65 Å². The Kier molecular flexibility index (Phi) is 4.18. The third-order valence-electron chi connectivity index (χ3n) is 3.77. The number of thiazole rings is 1. The molecule has 0 aliphatic carbocycles. The van der Waals surface area contributed by atoms with Gasteiger partial charge < -0.3 is 4.74 Å². The van der Waals surface area contributed by atoms with Gasteiger partial charge in [-0.15, -0.1) is 11.3 Å². The number of aromatic nitrogens is 4. The average molecular weight is 368 g/mol. The van der Waals surface area contributed by atoms with Gasteiger partial charge in [0.1, 0.15) is 23.0 Å². The minimum absolute atomic E-state index is 0.0418. The molecular weight excluding hydrogens is 355 g/mol. The van der Waals surface area contributed by atoms with Gasteiger partial charge in [-0.3, -0.25) is 0 Å². The molecule has 0 unspecified atom stereocenters. The molecule has 0 amide bonds. The molecule has 1 aromatic carbocycles. The monoisotopic (exact) mass is 368 g/mol. The second-order valence-corrected chi connectivity index (χ2v) is 6.43. The highest BCUT2D eigenvalue weighted by molar-refractivity contribution is 7.13. The van der Waals surface area contributed by atoms with Crippen LogP contribution in [0, 0.1) is 12.7 Å². The highest BCUT2D eigenvalue weighted by Crippen LogP contribution is 2.24. The lowest BCUT2D eigenvalue weighted by Gasteiger charge is -2.02. The van der Waals surface area contributed by atoms with Gasteiger partial charge in [-0.2, -0.15) is 5.10 Å². The molecule has 0 spiro atoms. The predicted molar refractivity (Wildman–Crippen MR) is 94.4 cm³/mol.